The van der Waals surface area contributed by atoms with Gasteiger partial charge in [-0.3, -0.25) is 0 Å². The maximum Gasteiger partial charge on any atom is 0.0129 e. The van der Waals surface area contributed by atoms with Crippen LogP contribution in [0.15, 0.2) is 24.3 Å². The third-order valence-electron chi connectivity index (χ3n) is 2.54. The summed E-state index contributed by atoms with van der Waals surface area (Å²) in [6.07, 6.45) is 2.02. The predicted molar refractivity (Wildman–Crippen MR) is 66.9 cm³/mol. The van der Waals surface area contributed by atoms with Crippen LogP contribution in [0.3, 0.4) is 0 Å². The van der Waals surface area contributed by atoms with Crippen molar-refractivity contribution in [1.82, 2.24) is 0 Å². The molecule has 1 aromatic rings. The minimum absolute atomic E-state index is 0.252. The number of aryl methyl sites for hydroxylation is 1. The van der Waals surface area contributed by atoms with Gasteiger partial charge in [0.2, 0.25) is 0 Å². The first-order valence-electron chi connectivity index (χ1n) is 5.53. The minimum atomic E-state index is 0.252. The number of benzene rings is 1. The molecule has 15 heavy (non-hydrogen) atoms. The van der Waals surface area contributed by atoms with Crippen molar-refractivity contribution in [3.63, 3.8) is 0 Å². The summed E-state index contributed by atoms with van der Waals surface area (Å²) in [5.41, 5.74) is 3.03. The summed E-state index contributed by atoms with van der Waals surface area (Å²) in [5.74, 6) is 6.02. The standard InChI is InChI=1S/C15H20/c1-5-6-7-8-13-9-11-14(12-10-13)15(2,3)4/h9-12H,7-8H2,1-4H3. The molecule has 1 aromatic carbocycles. The van der Waals surface area contributed by atoms with Crippen LogP contribution in [0.25, 0.3) is 0 Å². The van der Waals surface area contributed by atoms with E-state index in [-0.39, 0.29) is 5.41 Å². The van der Waals surface area contributed by atoms with Crippen LogP contribution >= 0.6 is 0 Å². The highest BCUT2D eigenvalue weighted by molar-refractivity contribution is 5.27. The first kappa shape index (κ1) is 11.9. The Labute approximate surface area is 93.7 Å². The average molecular weight is 200 g/mol. The van der Waals surface area contributed by atoms with E-state index in [9.17, 15) is 0 Å². The molecule has 0 aromatic heterocycles. The maximum absolute atomic E-state index is 3.09. The molecule has 0 aliphatic rings. The SMILES string of the molecule is CC#CCCc1ccc(C(C)(C)C)cc1. The molecule has 0 heterocycles. The topological polar surface area (TPSA) is 0 Å². The first-order chi connectivity index (χ1) is 7.04. The van der Waals surface area contributed by atoms with Gasteiger partial charge in [-0.2, -0.15) is 0 Å². The Bertz CT molecular complexity index is 352. The Morgan fingerprint density at radius 3 is 2.13 bits per heavy atom. The summed E-state index contributed by atoms with van der Waals surface area (Å²) >= 11 is 0. The van der Waals surface area contributed by atoms with Gasteiger partial charge in [0.05, 0.1) is 0 Å². The molecule has 0 atom stereocenters. The zero-order chi connectivity index (χ0) is 11.3. The molecule has 0 aliphatic carbocycles. The van der Waals surface area contributed by atoms with Crippen LogP contribution in [0, 0.1) is 11.8 Å². The van der Waals surface area contributed by atoms with Crippen LogP contribution in [0.5, 0.6) is 0 Å². The fourth-order valence-electron chi connectivity index (χ4n) is 1.50. The van der Waals surface area contributed by atoms with E-state index in [0.717, 1.165) is 12.8 Å². The van der Waals surface area contributed by atoms with Gasteiger partial charge in [-0.25, -0.2) is 0 Å². The van der Waals surface area contributed by atoms with Crippen LogP contribution in [0.4, 0.5) is 0 Å². The molecule has 0 amide bonds. The van der Waals surface area contributed by atoms with Crippen molar-refractivity contribution in [2.45, 2.75) is 46.0 Å². The fraction of sp³-hybridized carbons (Fsp3) is 0.467. The number of hydrogen-bond acceptors (Lipinski definition) is 0. The van der Waals surface area contributed by atoms with E-state index in [2.05, 4.69) is 56.9 Å². The largest absolute Gasteiger partial charge is 0.107 e. The second-order valence-corrected chi connectivity index (χ2v) is 4.87. The molecule has 0 N–H and O–H groups in total. The number of rotatable bonds is 2. The molecule has 80 valence electrons. The second kappa shape index (κ2) is 5.03. The summed E-state index contributed by atoms with van der Waals surface area (Å²) in [7, 11) is 0. The van der Waals surface area contributed by atoms with Crippen molar-refractivity contribution >= 4 is 0 Å². The molecule has 0 heteroatoms. The highest BCUT2D eigenvalue weighted by Gasteiger charge is 2.12. The predicted octanol–water partition coefficient (Wildman–Crippen LogP) is 3.94. The summed E-state index contributed by atoms with van der Waals surface area (Å²) in [4.78, 5) is 0. The zero-order valence-corrected chi connectivity index (χ0v) is 10.2. The summed E-state index contributed by atoms with van der Waals surface area (Å²) in [6.45, 7) is 8.61. The van der Waals surface area contributed by atoms with Crippen molar-refractivity contribution < 1.29 is 0 Å². The molecule has 0 unspecified atom stereocenters. The molecular weight excluding hydrogens is 180 g/mol. The Balaban J connectivity index is 2.67. The minimum Gasteiger partial charge on any atom is -0.107 e. The highest BCUT2D eigenvalue weighted by Crippen LogP contribution is 2.22. The third kappa shape index (κ3) is 3.80. The molecule has 0 saturated heterocycles. The molecular formula is C15H20. The first-order valence-corrected chi connectivity index (χ1v) is 5.53. The van der Waals surface area contributed by atoms with Gasteiger partial charge in [-0.05, 0) is 29.9 Å². The fourth-order valence-corrected chi connectivity index (χ4v) is 1.50. The summed E-state index contributed by atoms with van der Waals surface area (Å²) < 4.78 is 0. The van der Waals surface area contributed by atoms with E-state index in [0.29, 0.717) is 0 Å². The van der Waals surface area contributed by atoms with E-state index in [1.807, 2.05) is 6.92 Å². The molecule has 0 saturated carbocycles. The van der Waals surface area contributed by atoms with Gasteiger partial charge in [0, 0.05) is 6.42 Å². The van der Waals surface area contributed by atoms with Crippen molar-refractivity contribution in [2.75, 3.05) is 0 Å². The van der Waals surface area contributed by atoms with Crippen molar-refractivity contribution in [2.24, 2.45) is 0 Å². The molecule has 0 radical (unpaired) electrons. The molecule has 0 fully saturated rings. The molecule has 0 bridgehead atoms. The van der Waals surface area contributed by atoms with Crippen LogP contribution in [-0.4, -0.2) is 0 Å². The lowest BCUT2D eigenvalue weighted by Crippen LogP contribution is -2.10. The Morgan fingerprint density at radius 1 is 1.07 bits per heavy atom. The van der Waals surface area contributed by atoms with Gasteiger partial charge in [0.15, 0.2) is 0 Å². The van der Waals surface area contributed by atoms with Gasteiger partial charge < -0.3 is 0 Å². The lowest BCUT2D eigenvalue weighted by Gasteiger charge is -2.19. The molecule has 1 rings (SSSR count). The average Bonchev–Trinajstić information content (AvgIpc) is 2.18. The molecule has 0 aliphatic heterocycles. The van der Waals surface area contributed by atoms with Crippen LogP contribution in [0.2, 0.25) is 0 Å². The van der Waals surface area contributed by atoms with Gasteiger partial charge in [-0.15, -0.1) is 11.8 Å². The highest BCUT2D eigenvalue weighted by atomic mass is 14.2. The van der Waals surface area contributed by atoms with Crippen LogP contribution in [-0.2, 0) is 11.8 Å². The molecule has 0 nitrogen and oxygen atoms in total. The van der Waals surface area contributed by atoms with Crippen molar-refractivity contribution in [3.8, 4) is 11.8 Å². The smallest absolute Gasteiger partial charge is 0.0129 e. The van der Waals surface area contributed by atoms with E-state index in [1.54, 1.807) is 0 Å². The Morgan fingerprint density at radius 2 is 1.67 bits per heavy atom. The van der Waals surface area contributed by atoms with Gasteiger partial charge in [-0.1, -0.05) is 45.0 Å². The second-order valence-electron chi connectivity index (χ2n) is 4.87. The van der Waals surface area contributed by atoms with E-state index >= 15 is 0 Å². The van der Waals surface area contributed by atoms with Crippen LogP contribution < -0.4 is 0 Å². The number of hydrogen-bond donors (Lipinski definition) is 0. The lowest BCUT2D eigenvalue weighted by atomic mass is 9.86. The normalized spacial score (nSPS) is 10.7. The van der Waals surface area contributed by atoms with Gasteiger partial charge in [0.25, 0.3) is 0 Å². The van der Waals surface area contributed by atoms with E-state index in [4.69, 9.17) is 0 Å². The zero-order valence-electron chi connectivity index (χ0n) is 10.2. The summed E-state index contributed by atoms with van der Waals surface area (Å²) in [5, 5.41) is 0. The maximum atomic E-state index is 3.09. The lowest BCUT2D eigenvalue weighted by molar-refractivity contribution is 0.590. The molecule has 0 spiro atoms. The quantitative estimate of drug-likeness (QED) is 0.634. The van der Waals surface area contributed by atoms with Crippen molar-refractivity contribution in [3.05, 3.63) is 35.4 Å². The third-order valence-corrected chi connectivity index (χ3v) is 2.54. The Hall–Kier alpha value is -1.22. The van der Waals surface area contributed by atoms with Crippen molar-refractivity contribution in [1.29, 1.82) is 0 Å². The Kier molecular flexibility index (Phi) is 3.97. The monoisotopic (exact) mass is 200 g/mol. The van der Waals surface area contributed by atoms with Gasteiger partial charge >= 0.3 is 0 Å². The summed E-state index contributed by atoms with van der Waals surface area (Å²) in [6, 6.07) is 8.90. The van der Waals surface area contributed by atoms with Gasteiger partial charge in [0.1, 0.15) is 0 Å². The van der Waals surface area contributed by atoms with E-state index < -0.39 is 0 Å². The van der Waals surface area contributed by atoms with E-state index in [1.165, 1.54) is 11.1 Å². The van der Waals surface area contributed by atoms with Crippen LogP contribution in [0.1, 0.15) is 45.2 Å².